The number of rotatable bonds is 5. The van der Waals surface area contributed by atoms with Gasteiger partial charge < -0.3 is 5.73 Å². The molecule has 0 fully saturated rings. The van der Waals surface area contributed by atoms with Crippen LogP contribution in [-0.2, 0) is 22.9 Å². The lowest BCUT2D eigenvalue weighted by Gasteiger charge is -2.08. The summed E-state index contributed by atoms with van der Waals surface area (Å²) in [6, 6.07) is 9.49. The van der Waals surface area contributed by atoms with Gasteiger partial charge in [0.1, 0.15) is 0 Å². The molecule has 0 aliphatic carbocycles. The number of benzene rings is 1. The van der Waals surface area contributed by atoms with E-state index in [-0.39, 0.29) is 29.3 Å². The van der Waals surface area contributed by atoms with Crippen LogP contribution in [0.25, 0.3) is 0 Å². The van der Waals surface area contributed by atoms with Gasteiger partial charge in [-0.25, -0.2) is 13.1 Å². The molecule has 0 spiro atoms. The molecule has 2 N–H and O–H groups in total. The highest BCUT2D eigenvalue weighted by atomic mass is 32.2. The maximum atomic E-state index is 12.3. The van der Waals surface area contributed by atoms with Crippen molar-refractivity contribution in [3.63, 3.8) is 0 Å². The van der Waals surface area contributed by atoms with E-state index in [9.17, 15) is 13.2 Å². The highest BCUT2D eigenvalue weighted by molar-refractivity contribution is 7.91. The summed E-state index contributed by atoms with van der Waals surface area (Å²) in [6.45, 7) is 2.05. The summed E-state index contributed by atoms with van der Waals surface area (Å²) >= 11 is 0. The average molecular weight is 307 g/mol. The summed E-state index contributed by atoms with van der Waals surface area (Å²) in [7, 11) is -3.48. The molecule has 0 atom stereocenters. The quantitative estimate of drug-likeness (QED) is 0.867. The fourth-order valence-electron chi connectivity index (χ4n) is 1.90. The van der Waals surface area contributed by atoms with Crippen LogP contribution in [0.4, 0.5) is 0 Å². The van der Waals surface area contributed by atoms with Gasteiger partial charge in [0.25, 0.3) is 5.56 Å². The Hall–Kier alpha value is -1.99. The minimum absolute atomic E-state index is 0.0235. The van der Waals surface area contributed by atoms with Gasteiger partial charge in [-0.15, -0.1) is 0 Å². The van der Waals surface area contributed by atoms with Crippen LogP contribution in [-0.4, -0.2) is 24.0 Å². The van der Waals surface area contributed by atoms with Crippen molar-refractivity contribution in [1.82, 2.24) is 9.78 Å². The Kier molecular flexibility index (Phi) is 4.54. The van der Waals surface area contributed by atoms with Gasteiger partial charge in [-0.2, -0.15) is 5.10 Å². The van der Waals surface area contributed by atoms with Gasteiger partial charge in [-0.05, 0) is 30.7 Å². The normalized spacial score (nSPS) is 11.5. The maximum Gasteiger partial charge on any atom is 0.266 e. The summed E-state index contributed by atoms with van der Waals surface area (Å²) in [5.74, 6) is -0.183. The molecule has 0 aliphatic heterocycles. The zero-order chi connectivity index (χ0) is 15.5. The van der Waals surface area contributed by atoms with Gasteiger partial charge in [0, 0.05) is 12.6 Å². The number of sulfone groups is 1. The minimum Gasteiger partial charge on any atom is -0.326 e. The second kappa shape index (κ2) is 6.19. The van der Waals surface area contributed by atoms with Gasteiger partial charge in [0.05, 0.1) is 22.9 Å². The summed E-state index contributed by atoms with van der Waals surface area (Å²) in [5.41, 5.74) is 6.62. The number of hydrogen-bond acceptors (Lipinski definition) is 5. The van der Waals surface area contributed by atoms with E-state index >= 15 is 0 Å². The van der Waals surface area contributed by atoms with E-state index in [1.165, 1.54) is 16.8 Å². The van der Waals surface area contributed by atoms with Crippen molar-refractivity contribution in [2.75, 3.05) is 5.75 Å². The molecule has 0 unspecified atom stereocenters. The van der Waals surface area contributed by atoms with Gasteiger partial charge in [-0.3, -0.25) is 4.79 Å². The van der Waals surface area contributed by atoms with E-state index in [1.54, 1.807) is 31.2 Å². The van der Waals surface area contributed by atoms with Crippen molar-refractivity contribution in [1.29, 1.82) is 0 Å². The molecule has 0 bridgehead atoms. The van der Waals surface area contributed by atoms with Crippen molar-refractivity contribution in [3.8, 4) is 0 Å². The third-order valence-electron chi connectivity index (χ3n) is 3.07. The predicted octanol–water partition coefficient (Wildman–Crippen LogP) is 0.484. The average Bonchev–Trinajstić information content (AvgIpc) is 2.48. The van der Waals surface area contributed by atoms with Crippen LogP contribution in [0.2, 0.25) is 0 Å². The van der Waals surface area contributed by atoms with E-state index < -0.39 is 9.84 Å². The van der Waals surface area contributed by atoms with Crippen LogP contribution in [0.15, 0.2) is 46.1 Å². The molecule has 0 saturated heterocycles. The molecule has 0 amide bonds. The summed E-state index contributed by atoms with van der Waals surface area (Å²) in [6.07, 6.45) is 0. The molecule has 0 radical (unpaired) electrons. The number of hydrogen-bond donors (Lipinski definition) is 1. The summed E-state index contributed by atoms with van der Waals surface area (Å²) in [5, 5.41) is 4.02. The number of aryl methyl sites for hydroxylation is 2. The molecular weight excluding hydrogens is 290 g/mol. The van der Waals surface area contributed by atoms with E-state index in [1.807, 2.05) is 0 Å². The Morgan fingerprint density at radius 1 is 1.24 bits per heavy atom. The van der Waals surface area contributed by atoms with Crippen LogP contribution in [0, 0.1) is 6.92 Å². The summed E-state index contributed by atoms with van der Waals surface area (Å²) in [4.78, 5) is 11.8. The van der Waals surface area contributed by atoms with Crippen molar-refractivity contribution in [2.45, 2.75) is 24.9 Å². The molecule has 7 heteroatoms. The van der Waals surface area contributed by atoms with Crippen molar-refractivity contribution in [2.24, 2.45) is 5.73 Å². The molecule has 1 aromatic carbocycles. The van der Waals surface area contributed by atoms with Crippen LogP contribution in [0.3, 0.4) is 0 Å². The number of nitrogens with zero attached hydrogens (tertiary/aromatic N) is 2. The van der Waals surface area contributed by atoms with Gasteiger partial charge >= 0.3 is 0 Å². The Morgan fingerprint density at radius 3 is 2.71 bits per heavy atom. The SMILES string of the molecule is Cc1ccc(=O)n(CCS(=O)(=O)c2cccc(CN)c2)n1. The lowest BCUT2D eigenvalue weighted by Crippen LogP contribution is -2.26. The Balaban J connectivity index is 2.21. The molecule has 0 aliphatic rings. The molecule has 21 heavy (non-hydrogen) atoms. The molecule has 0 saturated carbocycles. The highest BCUT2D eigenvalue weighted by Crippen LogP contribution is 2.13. The minimum atomic E-state index is -3.48. The number of nitrogens with two attached hydrogens (primary N) is 1. The molecule has 1 aromatic heterocycles. The fraction of sp³-hybridized carbons (Fsp3) is 0.286. The van der Waals surface area contributed by atoms with Crippen molar-refractivity contribution >= 4 is 9.84 Å². The molecule has 2 aromatic rings. The van der Waals surface area contributed by atoms with Gasteiger partial charge in [0.2, 0.25) is 0 Å². The Labute approximate surface area is 123 Å². The number of aromatic nitrogens is 2. The highest BCUT2D eigenvalue weighted by Gasteiger charge is 2.15. The summed E-state index contributed by atoms with van der Waals surface area (Å²) < 4.78 is 25.7. The Bertz CT molecular complexity index is 797. The first-order valence-corrected chi connectivity index (χ1v) is 8.14. The van der Waals surface area contributed by atoms with Crippen molar-refractivity contribution in [3.05, 3.63) is 58.0 Å². The monoisotopic (exact) mass is 307 g/mol. The van der Waals surface area contributed by atoms with Gasteiger partial charge in [-0.1, -0.05) is 12.1 Å². The second-order valence-electron chi connectivity index (χ2n) is 4.71. The third kappa shape index (κ3) is 3.77. The fourth-order valence-corrected chi connectivity index (χ4v) is 3.17. The Morgan fingerprint density at radius 2 is 2.00 bits per heavy atom. The van der Waals surface area contributed by atoms with Crippen LogP contribution < -0.4 is 11.3 Å². The van der Waals surface area contributed by atoms with Crippen LogP contribution >= 0.6 is 0 Å². The zero-order valence-electron chi connectivity index (χ0n) is 11.7. The molecule has 112 valence electrons. The smallest absolute Gasteiger partial charge is 0.266 e. The maximum absolute atomic E-state index is 12.3. The van der Waals surface area contributed by atoms with Crippen molar-refractivity contribution < 1.29 is 8.42 Å². The first kappa shape index (κ1) is 15.4. The first-order valence-electron chi connectivity index (χ1n) is 6.49. The lowest BCUT2D eigenvalue weighted by atomic mass is 10.2. The molecule has 1 heterocycles. The lowest BCUT2D eigenvalue weighted by molar-refractivity contribution is 0.568. The largest absolute Gasteiger partial charge is 0.326 e. The predicted molar refractivity (Wildman–Crippen MR) is 79.6 cm³/mol. The topological polar surface area (TPSA) is 95.0 Å². The standard InChI is InChI=1S/C14H17N3O3S/c1-11-5-6-14(18)17(16-11)7-8-21(19,20)13-4-2-3-12(9-13)10-15/h2-6,9H,7-8,10,15H2,1H3. The van der Waals surface area contributed by atoms with E-state index in [4.69, 9.17) is 5.73 Å². The third-order valence-corrected chi connectivity index (χ3v) is 4.76. The van der Waals surface area contributed by atoms with Gasteiger partial charge in [0.15, 0.2) is 9.84 Å². The molecular formula is C14H17N3O3S. The zero-order valence-corrected chi connectivity index (χ0v) is 12.5. The van der Waals surface area contributed by atoms with Crippen LogP contribution in [0.5, 0.6) is 0 Å². The molecule has 6 nitrogen and oxygen atoms in total. The molecule has 2 rings (SSSR count). The van der Waals surface area contributed by atoms with E-state index in [0.29, 0.717) is 5.69 Å². The first-order chi connectivity index (χ1) is 9.92. The van der Waals surface area contributed by atoms with E-state index in [2.05, 4.69) is 5.10 Å². The second-order valence-corrected chi connectivity index (χ2v) is 6.82. The van der Waals surface area contributed by atoms with E-state index in [0.717, 1.165) is 5.56 Å². The van der Waals surface area contributed by atoms with Crippen LogP contribution in [0.1, 0.15) is 11.3 Å².